The molecule has 0 aliphatic carbocycles. The Balaban J connectivity index is 2.25. The first-order chi connectivity index (χ1) is 7.09. The lowest BCUT2D eigenvalue weighted by Gasteiger charge is -2.04. The quantitative estimate of drug-likeness (QED) is 0.760. The zero-order valence-electron chi connectivity index (χ0n) is 8.50. The average molecular weight is 232 g/mol. The molecule has 0 aliphatic heterocycles. The molecule has 1 heterocycles. The van der Waals surface area contributed by atoms with Crippen molar-refractivity contribution in [3.05, 3.63) is 23.1 Å². The number of furan rings is 1. The lowest BCUT2D eigenvalue weighted by molar-refractivity contribution is 0.0922. The molecule has 0 aliphatic rings. The van der Waals surface area contributed by atoms with Crippen LogP contribution in [0, 0.1) is 0 Å². The predicted molar refractivity (Wildman–Crippen MR) is 57.0 cm³/mol. The number of hydrogen-bond donors (Lipinski definition) is 2. The number of nitrogens with one attached hydrogen (secondary N) is 1. The summed E-state index contributed by atoms with van der Waals surface area (Å²) in [5, 5.41) is 11.9. The Kier molecular flexibility index (Phi) is 4.65. The van der Waals surface area contributed by atoms with Crippen LogP contribution in [0.4, 0.5) is 0 Å². The van der Waals surface area contributed by atoms with E-state index < -0.39 is 0 Å². The molecule has 1 rings (SSSR count). The number of rotatable bonds is 5. The van der Waals surface area contributed by atoms with E-state index in [4.69, 9.17) is 21.1 Å². The van der Waals surface area contributed by atoms with Gasteiger partial charge in [-0.15, -0.1) is 0 Å². The minimum Gasteiger partial charge on any atom is -0.440 e. The molecular formula is C10H14ClNO3. The number of halogens is 1. The molecule has 15 heavy (non-hydrogen) atoms. The van der Waals surface area contributed by atoms with E-state index in [-0.39, 0.29) is 23.0 Å². The van der Waals surface area contributed by atoms with Gasteiger partial charge < -0.3 is 14.8 Å². The molecule has 4 nitrogen and oxygen atoms in total. The smallest absolute Gasteiger partial charge is 0.287 e. The summed E-state index contributed by atoms with van der Waals surface area (Å²) >= 11 is 5.53. The van der Waals surface area contributed by atoms with E-state index in [2.05, 4.69) is 5.32 Å². The lowest BCUT2D eigenvalue weighted by atomic mass is 10.2. The van der Waals surface area contributed by atoms with Crippen LogP contribution >= 0.6 is 11.6 Å². The van der Waals surface area contributed by atoms with Crippen molar-refractivity contribution >= 4 is 17.5 Å². The summed E-state index contributed by atoms with van der Waals surface area (Å²) in [5.41, 5.74) is 0. The number of carbonyl (C=O) groups excluding carboxylic acids is 1. The van der Waals surface area contributed by atoms with Gasteiger partial charge in [0.25, 0.3) is 5.91 Å². The normalized spacial score (nSPS) is 12.5. The third-order valence-electron chi connectivity index (χ3n) is 1.88. The van der Waals surface area contributed by atoms with Crippen LogP contribution < -0.4 is 5.32 Å². The minimum absolute atomic E-state index is 0.198. The first-order valence-electron chi connectivity index (χ1n) is 4.81. The van der Waals surface area contributed by atoms with Gasteiger partial charge in [0.2, 0.25) is 0 Å². The summed E-state index contributed by atoms with van der Waals surface area (Å²) in [5.74, 6) is -0.0791. The Morgan fingerprint density at radius 2 is 2.40 bits per heavy atom. The van der Waals surface area contributed by atoms with Crippen molar-refractivity contribution in [2.75, 3.05) is 6.54 Å². The van der Waals surface area contributed by atoms with Gasteiger partial charge in [-0.2, -0.15) is 0 Å². The van der Waals surface area contributed by atoms with E-state index in [1.165, 1.54) is 12.1 Å². The van der Waals surface area contributed by atoms with E-state index in [0.717, 1.165) is 6.42 Å². The third kappa shape index (κ3) is 4.36. The highest BCUT2D eigenvalue weighted by atomic mass is 35.5. The molecule has 0 saturated heterocycles. The molecular weight excluding hydrogens is 218 g/mol. The summed E-state index contributed by atoms with van der Waals surface area (Å²) in [7, 11) is 0. The average Bonchev–Trinajstić information content (AvgIpc) is 2.59. The second-order valence-electron chi connectivity index (χ2n) is 3.35. The highest BCUT2D eigenvalue weighted by Crippen LogP contribution is 2.12. The first kappa shape index (κ1) is 12.1. The van der Waals surface area contributed by atoms with Gasteiger partial charge in [0.1, 0.15) is 0 Å². The van der Waals surface area contributed by atoms with Gasteiger partial charge in [-0.1, -0.05) is 0 Å². The Morgan fingerprint density at radius 3 is 2.93 bits per heavy atom. The molecule has 1 atom stereocenters. The zero-order valence-corrected chi connectivity index (χ0v) is 9.25. The third-order valence-corrected chi connectivity index (χ3v) is 2.08. The molecule has 0 bridgehead atoms. The molecule has 0 spiro atoms. The van der Waals surface area contributed by atoms with Gasteiger partial charge in [0.05, 0.1) is 6.10 Å². The summed E-state index contributed by atoms with van der Waals surface area (Å²) in [6, 6.07) is 3.04. The predicted octanol–water partition coefficient (Wildman–Crippen LogP) is 1.82. The number of carbonyl (C=O) groups is 1. The molecule has 0 fully saturated rings. The SMILES string of the molecule is CC(O)CCCNC(=O)c1ccc(Cl)o1. The van der Waals surface area contributed by atoms with Gasteiger partial charge in [-0.05, 0) is 43.5 Å². The highest BCUT2D eigenvalue weighted by Gasteiger charge is 2.09. The highest BCUT2D eigenvalue weighted by molar-refractivity contribution is 6.29. The molecule has 1 unspecified atom stereocenters. The van der Waals surface area contributed by atoms with Crippen molar-refractivity contribution in [2.45, 2.75) is 25.9 Å². The number of amides is 1. The fourth-order valence-electron chi connectivity index (χ4n) is 1.12. The van der Waals surface area contributed by atoms with Gasteiger partial charge in [0.15, 0.2) is 11.0 Å². The van der Waals surface area contributed by atoms with Gasteiger partial charge in [-0.3, -0.25) is 4.79 Å². The maximum atomic E-state index is 11.4. The minimum atomic E-state index is -0.333. The van der Waals surface area contributed by atoms with Crippen molar-refractivity contribution in [3.8, 4) is 0 Å². The van der Waals surface area contributed by atoms with Crippen LogP contribution in [0.1, 0.15) is 30.3 Å². The maximum Gasteiger partial charge on any atom is 0.287 e. The van der Waals surface area contributed by atoms with Gasteiger partial charge in [0, 0.05) is 6.54 Å². The Bertz CT molecular complexity index is 322. The largest absolute Gasteiger partial charge is 0.440 e. The van der Waals surface area contributed by atoms with Crippen molar-refractivity contribution in [3.63, 3.8) is 0 Å². The Labute approximate surface area is 93.2 Å². The monoisotopic (exact) mass is 231 g/mol. The Morgan fingerprint density at radius 1 is 1.67 bits per heavy atom. The molecule has 1 aromatic rings. The fourth-order valence-corrected chi connectivity index (χ4v) is 1.27. The first-order valence-corrected chi connectivity index (χ1v) is 5.19. The van der Waals surface area contributed by atoms with Crippen LogP contribution in [-0.2, 0) is 0 Å². The van der Waals surface area contributed by atoms with E-state index in [1.807, 2.05) is 0 Å². The van der Waals surface area contributed by atoms with Crippen LogP contribution in [0.15, 0.2) is 16.5 Å². The van der Waals surface area contributed by atoms with Crippen molar-refractivity contribution in [1.29, 1.82) is 0 Å². The molecule has 1 aromatic heterocycles. The van der Waals surface area contributed by atoms with E-state index in [9.17, 15) is 4.79 Å². The standard InChI is InChI=1S/C10H14ClNO3/c1-7(13)3-2-6-12-10(14)8-4-5-9(11)15-8/h4-5,7,13H,2-3,6H2,1H3,(H,12,14). The van der Waals surface area contributed by atoms with Crippen LogP contribution in [0.2, 0.25) is 5.22 Å². The van der Waals surface area contributed by atoms with Crippen molar-refractivity contribution in [2.24, 2.45) is 0 Å². The molecule has 1 amide bonds. The topological polar surface area (TPSA) is 62.5 Å². The van der Waals surface area contributed by atoms with Crippen molar-refractivity contribution in [1.82, 2.24) is 5.32 Å². The van der Waals surface area contributed by atoms with E-state index >= 15 is 0 Å². The molecule has 0 aromatic carbocycles. The lowest BCUT2D eigenvalue weighted by Crippen LogP contribution is -2.24. The number of aliphatic hydroxyl groups excluding tert-OH is 1. The van der Waals surface area contributed by atoms with Crippen LogP contribution in [0.25, 0.3) is 0 Å². The molecule has 84 valence electrons. The number of aliphatic hydroxyl groups is 1. The molecule has 2 N–H and O–H groups in total. The van der Waals surface area contributed by atoms with Gasteiger partial charge >= 0.3 is 0 Å². The summed E-state index contributed by atoms with van der Waals surface area (Å²) in [6.45, 7) is 2.23. The zero-order chi connectivity index (χ0) is 11.3. The maximum absolute atomic E-state index is 11.4. The van der Waals surface area contributed by atoms with Crippen LogP contribution in [0.3, 0.4) is 0 Å². The van der Waals surface area contributed by atoms with Crippen LogP contribution in [-0.4, -0.2) is 23.7 Å². The molecule has 0 saturated carbocycles. The van der Waals surface area contributed by atoms with Gasteiger partial charge in [-0.25, -0.2) is 0 Å². The van der Waals surface area contributed by atoms with E-state index in [0.29, 0.717) is 13.0 Å². The van der Waals surface area contributed by atoms with Crippen molar-refractivity contribution < 1.29 is 14.3 Å². The van der Waals surface area contributed by atoms with Crippen LogP contribution in [0.5, 0.6) is 0 Å². The second kappa shape index (κ2) is 5.78. The second-order valence-corrected chi connectivity index (χ2v) is 3.72. The molecule has 5 heteroatoms. The molecule has 0 radical (unpaired) electrons. The van der Waals surface area contributed by atoms with E-state index in [1.54, 1.807) is 6.92 Å². The summed E-state index contributed by atoms with van der Waals surface area (Å²) in [6.07, 6.45) is 1.07. The fraction of sp³-hybridized carbons (Fsp3) is 0.500. The number of hydrogen-bond acceptors (Lipinski definition) is 3. The summed E-state index contributed by atoms with van der Waals surface area (Å²) in [4.78, 5) is 11.4. The Hall–Kier alpha value is -1.00. The summed E-state index contributed by atoms with van der Waals surface area (Å²) < 4.78 is 4.93.